The van der Waals surface area contributed by atoms with Gasteiger partial charge in [-0.2, -0.15) is 0 Å². The van der Waals surface area contributed by atoms with Crippen LogP contribution in [0.4, 0.5) is 5.69 Å². The Labute approximate surface area is 115 Å². The Kier molecular flexibility index (Phi) is 4.20. The molecule has 1 N–H and O–H groups in total. The monoisotopic (exact) mass is 261 g/mol. The smallest absolute Gasteiger partial charge is 0.149 e. The Morgan fingerprint density at radius 2 is 1.74 bits per heavy atom. The van der Waals surface area contributed by atoms with Crippen molar-refractivity contribution >= 4 is 5.69 Å². The van der Waals surface area contributed by atoms with Gasteiger partial charge in [-0.05, 0) is 31.4 Å². The van der Waals surface area contributed by atoms with E-state index in [0.29, 0.717) is 0 Å². The predicted molar refractivity (Wildman–Crippen MR) is 77.6 cm³/mol. The van der Waals surface area contributed by atoms with Crippen molar-refractivity contribution in [2.75, 3.05) is 44.2 Å². The van der Waals surface area contributed by atoms with Gasteiger partial charge in [-0.3, -0.25) is 0 Å². The van der Waals surface area contributed by atoms with Crippen molar-refractivity contribution in [2.45, 2.75) is 19.3 Å². The summed E-state index contributed by atoms with van der Waals surface area (Å²) in [5.74, 6) is 0.963. The molecule has 2 saturated heterocycles. The molecule has 2 heterocycles. The van der Waals surface area contributed by atoms with Gasteiger partial charge in [0.05, 0.1) is 0 Å². The van der Waals surface area contributed by atoms with Crippen LogP contribution < -0.4 is 15.1 Å². The summed E-state index contributed by atoms with van der Waals surface area (Å²) >= 11 is 0. The molecule has 1 aromatic rings. The second-order valence-electron chi connectivity index (χ2n) is 5.32. The van der Waals surface area contributed by atoms with Gasteiger partial charge in [-0.25, -0.2) is 0 Å². The highest BCUT2D eigenvalue weighted by atomic mass is 16.7. The first-order valence-corrected chi connectivity index (χ1v) is 7.40. The van der Waals surface area contributed by atoms with Crippen LogP contribution in [0, 0.1) is 0 Å². The lowest BCUT2D eigenvalue weighted by Crippen LogP contribution is -2.45. The topological polar surface area (TPSA) is 27.7 Å². The molecule has 0 aromatic heterocycles. The predicted octanol–water partition coefficient (Wildman–Crippen LogP) is 1.88. The zero-order valence-electron chi connectivity index (χ0n) is 11.5. The molecule has 0 atom stereocenters. The number of piperazine rings is 1. The third-order valence-electron chi connectivity index (χ3n) is 3.85. The molecule has 4 nitrogen and oxygen atoms in total. The largest absolute Gasteiger partial charge is 0.406 e. The molecule has 0 bridgehead atoms. The van der Waals surface area contributed by atoms with E-state index >= 15 is 0 Å². The minimum atomic E-state index is 0.952. The van der Waals surface area contributed by atoms with Crippen molar-refractivity contribution in [3.63, 3.8) is 0 Å². The van der Waals surface area contributed by atoms with Crippen LogP contribution in [-0.2, 0) is 0 Å². The van der Waals surface area contributed by atoms with E-state index in [2.05, 4.69) is 34.5 Å². The first kappa shape index (κ1) is 12.8. The Morgan fingerprint density at radius 1 is 0.947 bits per heavy atom. The lowest BCUT2D eigenvalue weighted by molar-refractivity contribution is -0.0664. The number of hydrogen-bond donors (Lipinski definition) is 1. The first-order valence-electron chi connectivity index (χ1n) is 7.40. The maximum Gasteiger partial charge on any atom is 0.149 e. The van der Waals surface area contributed by atoms with Crippen molar-refractivity contribution in [1.82, 2.24) is 10.4 Å². The Bertz CT molecular complexity index is 398. The summed E-state index contributed by atoms with van der Waals surface area (Å²) in [4.78, 5) is 8.42. The molecule has 0 amide bonds. The van der Waals surface area contributed by atoms with Crippen LogP contribution in [0.2, 0.25) is 0 Å². The van der Waals surface area contributed by atoms with Gasteiger partial charge in [-0.15, -0.1) is 5.06 Å². The minimum absolute atomic E-state index is 0.952. The molecule has 1 aromatic carbocycles. The molecular weight excluding hydrogens is 238 g/mol. The van der Waals surface area contributed by atoms with E-state index in [1.54, 1.807) is 0 Å². The number of anilines is 1. The van der Waals surface area contributed by atoms with Gasteiger partial charge in [0.25, 0.3) is 0 Å². The Balaban J connectivity index is 1.64. The van der Waals surface area contributed by atoms with Gasteiger partial charge in [0, 0.05) is 51.0 Å². The lowest BCUT2D eigenvalue weighted by atomic mass is 10.1. The average Bonchev–Trinajstić information content (AvgIpc) is 2.49. The lowest BCUT2D eigenvalue weighted by Gasteiger charge is -2.30. The molecule has 2 fully saturated rings. The highest BCUT2D eigenvalue weighted by Crippen LogP contribution is 2.24. The summed E-state index contributed by atoms with van der Waals surface area (Å²) in [7, 11) is 0. The number of piperidine rings is 1. The van der Waals surface area contributed by atoms with E-state index in [4.69, 9.17) is 4.84 Å². The fourth-order valence-electron chi connectivity index (χ4n) is 2.77. The van der Waals surface area contributed by atoms with Gasteiger partial charge >= 0.3 is 0 Å². The van der Waals surface area contributed by atoms with E-state index < -0.39 is 0 Å². The van der Waals surface area contributed by atoms with Gasteiger partial charge in [0.1, 0.15) is 5.75 Å². The molecule has 0 aliphatic carbocycles. The fraction of sp³-hybridized carbons (Fsp3) is 0.600. The molecule has 4 heteroatoms. The van der Waals surface area contributed by atoms with Gasteiger partial charge in [-0.1, -0.05) is 6.07 Å². The SMILES string of the molecule is c1cc(ON2CCNCC2)cc(N2CCCCC2)c1. The zero-order valence-corrected chi connectivity index (χ0v) is 11.5. The standard InChI is InChI=1S/C15H23N3O/c1-2-9-17(10-3-1)14-5-4-6-15(13-14)19-18-11-7-16-8-12-18/h4-6,13,16H,1-3,7-12H2. The van der Waals surface area contributed by atoms with Crippen LogP contribution in [0.1, 0.15) is 19.3 Å². The van der Waals surface area contributed by atoms with Gasteiger partial charge in [0.2, 0.25) is 0 Å². The van der Waals surface area contributed by atoms with Crippen LogP contribution in [0.5, 0.6) is 5.75 Å². The third kappa shape index (κ3) is 3.39. The second-order valence-corrected chi connectivity index (χ2v) is 5.32. The molecule has 19 heavy (non-hydrogen) atoms. The molecule has 0 unspecified atom stereocenters. The molecule has 2 aliphatic rings. The molecule has 2 aliphatic heterocycles. The van der Waals surface area contributed by atoms with Crippen LogP contribution in [0.15, 0.2) is 24.3 Å². The van der Waals surface area contributed by atoms with Gasteiger partial charge < -0.3 is 15.1 Å². The average molecular weight is 261 g/mol. The van der Waals surface area contributed by atoms with Crippen LogP contribution in [0.25, 0.3) is 0 Å². The van der Waals surface area contributed by atoms with Crippen molar-refractivity contribution in [2.24, 2.45) is 0 Å². The summed E-state index contributed by atoms with van der Waals surface area (Å²) < 4.78 is 0. The number of nitrogens with one attached hydrogen (secondary N) is 1. The molecule has 0 saturated carbocycles. The highest BCUT2D eigenvalue weighted by molar-refractivity contribution is 5.50. The maximum absolute atomic E-state index is 5.95. The molecule has 0 spiro atoms. The van der Waals surface area contributed by atoms with Crippen molar-refractivity contribution < 1.29 is 4.84 Å². The van der Waals surface area contributed by atoms with Crippen molar-refractivity contribution in [3.05, 3.63) is 24.3 Å². The number of benzene rings is 1. The van der Waals surface area contributed by atoms with E-state index in [9.17, 15) is 0 Å². The summed E-state index contributed by atoms with van der Waals surface area (Å²) in [5.41, 5.74) is 1.30. The normalized spacial score (nSPS) is 21.4. The Hall–Kier alpha value is -1.26. The quantitative estimate of drug-likeness (QED) is 0.899. The Morgan fingerprint density at radius 3 is 2.53 bits per heavy atom. The van der Waals surface area contributed by atoms with E-state index in [1.807, 2.05) is 5.06 Å². The molecule has 3 rings (SSSR count). The van der Waals surface area contributed by atoms with Crippen LogP contribution >= 0.6 is 0 Å². The number of rotatable bonds is 3. The van der Waals surface area contributed by atoms with E-state index in [0.717, 1.165) is 31.9 Å². The zero-order chi connectivity index (χ0) is 12.9. The van der Waals surface area contributed by atoms with Crippen LogP contribution in [0.3, 0.4) is 0 Å². The van der Waals surface area contributed by atoms with Crippen molar-refractivity contribution in [3.8, 4) is 5.75 Å². The number of nitrogens with zero attached hydrogens (tertiary/aromatic N) is 2. The number of hydroxylamine groups is 2. The number of hydrogen-bond acceptors (Lipinski definition) is 4. The molecule has 104 valence electrons. The summed E-state index contributed by atoms with van der Waals surface area (Å²) in [5, 5.41) is 5.38. The minimum Gasteiger partial charge on any atom is -0.406 e. The van der Waals surface area contributed by atoms with Crippen molar-refractivity contribution in [1.29, 1.82) is 0 Å². The third-order valence-corrected chi connectivity index (χ3v) is 3.85. The fourth-order valence-corrected chi connectivity index (χ4v) is 2.77. The molecule has 0 radical (unpaired) electrons. The van der Waals surface area contributed by atoms with Gasteiger partial charge in [0.15, 0.2) is 0 Å². The summed E-state index contributed by atoms with van der Waals surface area (Å²) in [6.45, 7) is 6.27. The van der Waals surface area contributed by atoms with E-state index in [1.165, 1.54) is 38.0 Å². The van der Waals surface area contributed by atoms with Crippen LogP contribution in [-0.4, -0.2) is 44.3 Å². The maximum atomic E-state index is 5.95. The summed E-state index contributed by atoms with van der Waals surface area (Å²) in [6.07, 6.45) is 3.99. The first-order chi connectivity index (χ1) is 9.42. The van der Waals surface area contributed by atoms with E-state index in [-0.39, 0.29) is 0 Å². The molecular formula is C15H23N3O. The highest BCUT2D eigenvalue weighted by Gasteiger charge is 2.14. The second kappa shape index (κ2) is 6.26. The summed E-state index contributed by atoms with van der Waals surface area (Å²) in [6, 6.07) is 8.51.